The van der Waals surface area contributed by atoms with Gasteiger partial charge in [0.2, 0.25) is 0 Å². The number of halogens is 1. The van der Waals surface area contributed by atoms with Gasteiger partial charge in [-0.2, -0.15) is 0 Å². The molecule has 8 heavy (non-hydrogen) atoms. The fourth-order valence-corrected chi connectivity index (χ4v) is 2.57. The van der Waals surface area contributed by atoms with Crippen molar-refractivity contribution in [2.75, 3.05) is 4.43 Å². The Labute approximate surface area is 54.8 Å². The molecule has 1 rings (SSSR count). The first-order valence-corrected chi connectivity index (χ1v) is 5.98. The highest BCUT2D eigenvalue weighted by molar-refractivity contribution is 14.2. The molecule has 0 bridgehead atoms. The van der Waals surface area contributed by atoms with Gasteiger partial charge in [0.15, 0.2) is 0 Å². The van der Waals surface area contributed by atoms with E-state index in [1.54, 1.807) is 0 Å². The van der Waals surface area contributed by atoms with Crippen molar-refractivity contribution in [2.24, 2.45) is 0 Å². The molecule has 0 aromatic carbocycles. The summed E-state index contributed by atoms with van der Waals surface area (Å²) in [4.78, 5) is 0. The highest BCUT2D eigenvalue weighted by atomic mass is 127. The van der Waals surface area contributed by atoms with E-state index < -0.39 is 19.5 Å². The molecule has 0 saturated heterocycles. The molecule has 0 fully saturated rings. The molecule has 0 radical (unpaired) electrons. The van der Waals surface area contributed by atoms with E-state index in [0.717, 1.165) is 4.43 Å². The summed E-state index contributed by atoms with van der Waals surface area (Å²) >= 11 is -1.46. The molecule has 0 aromatic heterocycles. The second kappa shape index (κ2) is 3.02. The molecule has 1 aliphatic rings. The van der Waals surface area contributed by atoms with Crippen LogP contribution in [-0.4, -0.2) is 4.43 Å². The first kappa shape index (κ1) is 6.01. The summed E-state index contributed by atoms with van der Waals surface area (Å²) in [7, 11) is 0. The van der Waals surface area contributed by atoms with Gasteiger partial charge in [-0.05, 0) is 0 Å². The minimum absolute atomic E-state index is 0.921. The van der Waals surface area contributed by atoms with E-state index in [0.29, 0.717) is 0 Å². The molecule has 0 aromatic rings. The van der Waals surface area contributed by atoms with Gasteiger partial charge in [0.05, 0.1) is 4.43 Å². The zero-order chi connectivity index (χ0) is 5.82. The molecule has 0 atom stereocenters. The Hall–Kier alpha value is -0.120. The number of hydrogen-bond donors (Lipinski definition) is 0. The van der Waals surface area contributed by atoms with Gasteiger partial charge in [0.1, 0.15) is 0 Å². The molecule has 44 valence electrons. The molecular weight excluding hydrogens is 217 g/mol. The molecule has 0 unspecified atom stereocenters. The third-order valence-corrected chi connectivity index (χ3v) is 3.96. The van der Waals surface area contributed by atoms with Crippen LogP contribution >= 0.6 is 19.5 Å². The highest BCUT2D eigenvalue weighted by Crippen LogP contribution is 2.25. The van der Waals surface area contributed by atoms with Crippen LogP contribution < -0.4 is 0 Å². The van der Waals surface area contributed by atoms with Crippen molar-refractivity contribution >= 4 is 19.5 Å². The fourth-order valence-electron chi connectivity index (χ4n) is 0.450. The summed E-state index contributed by atoms with van der Waals surface area (Å²) < 4.78 is 5.89. The van der Waals surface area contributed by atoms with Gasteiger partial charge in [-0.1, -0.05) is 18.2 Å². The molecule has 0 aliphatic carbocycles. The van der Waals surface area contributed by atoms with E-state index >= 15 is 0 Å². The van der Waals surface area contributed by atoms with Crippen molar-refractivity contribution in [3.8, 4) is 0 Å². The average Bonchev–Trinajstić information content (AvgIpc) is 1.90. The van der Waals surface area contributed by atoms with Crippen molar-refractivity contribution in [3.63, 3.8) is 0 Å². The van der Waals surface area contributed by atoms with Crippen LogP contribution in [0, 0.1) is 5.21 Å². The van der Waals surface area contributed by atoms with E-state index in [9.17, 15) is 5.21 Å². The molecular formula is C5H6INO. The van der Waals surface area contributed by atoms with Crippen molar-refractivity contribution in [3.05, 3.63) is 30.6 Å². The van der Waals surface area contributed by atoms with Gasteiger partial charge in [0, 0.05) is 4.08 Å². The lowest BCUT2D eigenvalue weighted by atomic mass is 10.5. The van der Waals surface area contributed by atoms with Crippen LogP contribution in [0.2, 0.25) is 0 Å². The van der Waals surface area contributed by atoms with Gasteiger partial charge < -0.3 is 5.21 Å². The minimum atomic E-state index is -1.46. The zero-order valence-electron chi connectivity index (χ0n) is 4.25. The lowest BCUT2D eigenvalue weighted by Gasteiger charge is -1.84. The average molecular weight is 223 g/mol. The summed E-state index contributed by atoms with van der Waals surface area (Å²) in [5, 5.41) is 9.89. The van der Waals surface area contributed by atoms with Crippen molar-refractivity contribution < 1.29 is 0 Å². The molecule has 0 N–H and O–H groups in total. The van der Waals surface area contributed by atoms with Crippen LogP contribution in [0.1, 0.15) is 0 Å². The van der Waals surface area contributed by atoms with Crippen LogP contribution in [0.3, 0.4) is 0 Å². The zero-order valence-corrected chi connectivity index (χ0v) is 6.41. The molecule has 1 aliphatic heterocycles. The standard InChI is InChI=1S/C5H6INO/c8-7-6-4-2-1-3-5-6/h1-4H,5H2. The summed E-state index contributed by atoms with van der Waals surface area (Å²) in [6, 6.07) is 0. The number of hydrogen-bond acceptors (Lipinski definition) is 1. The summed E-state index contributed by atoms with van der Waals surface area (Å²) in [6.45, 7) is 0. The molecule has 0 spiro atoms. The van der Waals surface area contributed by atoms with Crippen molar-refractivity contribution in [1.29, 1.82) is 0 Å². The number of alkyl halides is 1. The first-order valence-electron chi connectivity index (χ1n) is 2.25. The SMILES string of the molecule is [O-][N+]#I1C=CC=CC1. The Morgan fingerprint density at radius 1 is 1.50 bits per heavy atom. The van der Waals surface area contributed by atoms with E-state index in [1.165, 1.54) is 0 Å². The predicted molar refractivity (Wildman–Crippen MR) is 43.9 cm³/mol. The fraction of sp³-hybridized carbons (Fsp3) is 0.200. The number of nitrogens with zero attached hydrogens (tertiary/aromatic N) is 1. The second-order valence-corrected chi connectivity index (χ2v) is 5.46. The van der Waals surface area contributed by atoms with Crippen molar-refractivity contribution in [2.45, 2.75) is 0 Å². The van der Waals surface area contributed by atoms with Gasteiger partial charge in [0.25, 0.3) is 19.5 Å². The van der Waals surface area contributed by atoms with Gasteiger partial charge >= 0.3 is 0 Å². The Balaban J connectivity index is 2.76. The second-order valence-electron chi connectivity index (χ2n) is 1.34. The third kappa shape index (κ3) is 1.43. The van der Waals surface area contributed by atoms with Crippen molar-refractivity contribution in [1.82, 2.24) is 0 Å². The van der Waals surface area contributed by atoms with E-state index in [1.807, 2.05) is 22.3 Å². The third-order valence-electron chi connectivity index (χ3n) is 0.801. The maximum atomic E-state index is 9.89. The lowest BCUT2D eigenvalue weighted by Crippen LogP contribution is -1.67. The number of rotatable bonds is 0. The quantitative estimate of drug-likeness (QED) is 0.352. The number of allylic oxidation sites excluding steroid dienone is 3. The minimum Gasteiger partial charge on any atom is -0.428 e. The smallest absolute Gasteiger partial charge is 0.259 e. The van der Waals surface area contributed by atoms with E-state index in [-0.39, 0.29) is 0 Å². The largest absolute Gasteiger partial charge is 0.428 e. The van der Waals surface area contributed by atoms with Gasteiger partial charge in [-0.3, -0.25) is 0 Å². The van der Waals surface area contributed by atoms with E-state index in [2.05, 4.69) is 3.12 Å². The molecule has 2 nitrogen and oxygen atoms in total. The maximum absolute atomic E-state index is 9.89. The Kier molecular flexibility index (Phi) is 2.27. The van der Waals surface area contributed by atoms with Crippen LogP contribution in [-0.2, 0) is 0 Å². The van der Waals surface area contributed by atoms with Gasteiger partial charge in [-0.25, -0.2) is 0 Å². The monoisotopic (exact) mass is 223 g/mol. The summed E-state index contributed by atoms with van der Waals surface area (Å²) in [5.41, 5.74) is 0. The van der Waals surface area contributed by atoms with E-state index in [4.69, 9.17) is 0 Å². The van der Waals surface area contributed by atoms with Crippen LogP contribution in [0.4, 0.5) is 0 Å². The van der Waals surface area contributed by atoms with Crippen LogP contribution in [0.25, 0.3) is 3.12 Å². The molecule has 3 heteroatoms. The molecule has 0 amide bonds. The summed E-state index contributed by atoms with van der Waals surface area (Å²) in [5.74, 6) is 0. The Morgan fingerprint density at radius 3 is 2.75 bits per heavy atom. The summed E-state index contributed by atoms with van der Waals surface area (Å²) in [6.07, 6.45) is 5.88. The molecule has 0 saturated carbocycles. The topological polar surface area (TPSA) is 27.4 Å². The molecule has 1 heterocycles. The Morgan fingerprint density at radius 2 is 2.38 bits per heavy atom. The highest BCUT2D eigenvalue weighted by Gasteiger charge is 1.97. The Bertz CT molecular complexity index is 205. The van der Waals surface area contributed by atoms with Crippen LogP contribution in [0.15, 0.2) is 22.3 Å². The predicted octanol–water partition coefficient (Wildman–Crippen LogP) is 2.36. The van der Waals surface area contributed by atoms with Crippen LogP contribution in [0.5, 0.6) is 0 Å². The van der Waals surface area contributed by atoms with Gasteiger partial charge in [-0.15, -0.1) is 3.12 Å². The lowest BCUT2D eigenvalue weighted by molar-refractivity contribution is 1.80. The normalized spacial score (nSPS) is 18.6. The first-order chi connectivity index (χ1) is 3.93. The maximum Gasteiger partial charge on any atom is 0.259 e.